The van der Waals surface area contributed by atoms with E-state index in [9.17, 15) is 12.8 Å². The number of para-hydroxylation sites is 1. The lowest BCUT2D eigenvalue weighted by Gasteiger charge is -2.12. The molecule has 7 nitrogen and oxygen atoms in total. The van der Waals surface area contributed by atoms with Gasteiger partial charge in [-0.1, -0.05) is 41.9 Å². The Morgan fingerprint density at radius 3 is 2.44 bits per heavy atom. The van der Waals surface area contributed by atoms with Crippen LogP contribution < -0.4 is 14.2 Å². The predicted molar refractivity (Wildman–Crippen MR) is 148 cm³/mol. The minimum atomic E-state index is -3.79. The summed E-state index contributed by atoms with van der Waals surface area (Å²) in [5.41, 5.74) is 2.04. The number of fused-ring (bicyclic) bond motifs is 1. The lowest BCUT2D eigenvalue weighted by atomic mass is 10.1. The fourth-order valence-corrected chi connectivity index (χ4v) is 5.35. The highest BCUT2D eigenvalue weighted by Gasteiger charge is 2.17. The standard InChI is InChI=1S/C29H23ClFN3O4S/c1-37-20-10-8-19(9-11-20)14-15-34-39(35,36)23-5-2-4-21(16-23)38-22-12-13-27(31)25(17-22)28-24-6-3-7-26(30)29(24)33-18-32-28/h2-13,16-18,34H,14-15H2,1H3. The fraction of sp³-hybridized carbons (Fsp3) is 0.103. The molecule has 0 bridgehead atoms. The van der Waals surface area contributed by atoms with Crippen LogP contribution in [-0.2, 0) is 16.4 Å². The summed E-state index contributed by atoms with van der Waals surface area (Å²) in [6.07, 6.45) is 1.84. The first-order chi connectivity index (χ1) is 18.8. The Hall–Kier alpha value is -4.05. The van der Waals surface area contributed by atoms with Crippen molar-refractivity contribution in [2.75, 3.05) is 13.7 Å². The Labute approximate surface area is 230 Å². The minimum absolute atomic E-state index is 0.0495. The van der Waals surface area contributed by atoms with Gasteiger partial charge >= 0.3 is 0 Å². The van der Waals surface area contributed by atoms with Crippen molar-refractivity contribution in [1.82, 2.24) is 14.7 Å². The largest absolute Gasteiger partial charge is 0.497 e. The number of hydrogen-bond donors (Lipinski definition) is 1. The molecule has 4 aromatic carbocycles. The van der Waals surface area contributed by atoms with Crippen LogP contribution in [0.15, 0.2) is 96.2 Å². The van der Waals surface area contributed by atoms with Crippen molar-refractivity contribution in [2.45, 2.75) is 11.3 Å². The molecule has 1 N–H and O–H groups in total. The monoisotopic (exact) mass is 563 g/mol. The summed E-state index contributed by atoms with van der Waals surface area (Å²) in [4.78, 5) is 8.52. The highest BCUT2D eigenvalue weighted by atomic mass is 35.5. The van der Waals surface area contributed by atoms with E-state index in [0.29, 0.717) is 33.8 Å². The summed E-state index contributed by atoms with van der Waals surface area (Å²) in [6.45, 7) is 0.220. The Morgan fingerprint density at radius 2 is 1.64 bits per heavy atom. The van der Waals surface area contributed by atoms with Gasteiger partial charge in [0.2, 0.25) is 10.0 Å². The van der Waals surface area contributed by atoms with Gasteiger partial charge < -0.3 is 9.47 Å². The third-order valence-electron chi connectivity index (χ3n) is 6.02. The van der Waals surface area contributed by atoms with Crippen molar-refractivity contribution in [3.63, 3.8) is 0 Å². The Bertz CT molecular complexity index is 1750. The molecule has 10 heteroatoms. The average molecular weight is 564 g/mol. The molecule has 5 rings (SSSR count). The van der Waals surface area contributed by atoms with Crippen molar-refractivity contribution in [2.24, 2.45) is 0 Å². The molecule has 5 aromatic rings. The zero-order chi connectivity index (χ0) is 27.4. The summed E-state index contributed by atoms with van der Waals surface area (Å²) < 4.78 is 54.4. The molecule has 0 spiro atoms. The maximum atomic E-state index is 14.9. The second-order valence-corrected chi connectivity index (χ2v) is 10.7. The number of rotatable bonds is 9. The van der Waals surface area contributed by atoms with Crippen molar-refractivity contribution in [1.29, 1.82) is 0 Å². The van der Waals surface area contributed by atoms with E-state index in [2.05, 4.69) is 14.7 Å². The quantitative estimate of drug-likeness (QED) is 0.223. The second kappa shape index (κ2) is 11.4. The molecule has 0 saturated carbocycles. The van der Waals surface area contributed by atoms with Gasteiger partial charge in [0.15, 0.2) is 0 Å². The molecule has 0 radical (unpaired) electrons. The van der Waals surface area contributed by atoms with Crippen LogP contribution in [-0.4, -0.2) is 32.0 Å². The fourth-order valence-electron chi connectivity index (χ4n) is 4.06. The smallest absolute Gasteiger partial charge is 0.240 e. The Balaban J connectivity index is 1.34. The molecule has 0 aliphatic rings. The molecule has 0 atom stereocenters. The Kier molecular flexibility index (Phi) is 7.74. The van der Waals surface area contributed by atoms with E-state index in [-0.39, 0.29) is 22.8 Å². The van der Waals surface area contributed by atoms with Crippen LogP contribution >= 0.6 is 11.6 Å². The van der Waals surface area contributed by atoms with Crippen LogP contribution in [0.25, 0.3) is 22.2 Å². The predicted octanol–water partition coefficient (Wildman–Crippen LogP) is 6.41. The number of sulfonamides is 1. The zero-order valence-electron chi connectivity index (χ0n) is 20.8. The van der Waals surface area contributed by atoms with Gasteiger partial charge in [0.05, 0.1) is 28.2 Å². The van der Waals surface area contributed by atoms with Crippen molar-refractivity contribution < 1.29 is 22.3 Å². The molecular formula is C29H23ClFN3O4S. The number of halogens is 2. The number of benzene rings is 4. The van der Waals surface area contributed by atoms with Gasteiger partial charge in [0, 0.05) is 23.6 Å². The average Bonchev–Trinajstić information content (AvgIpc) is 2.95. The highest BCUT2D eigenvalue weighted by Crippen LogP contribution is 2.34. The van der Waals surface area contributed by atoms with Crippen molar-refractivity contribution >= 4 is 32.5 Å². The van der Waals surface area contributed by atoms with E-state index in [1.165, 1.54) is 36.7 Å². The summed E-state index contributed by atoms with van der Waals surface area (Å²) in [5.74, 6) is 0.822. The first-order valence-electron chi connectivity index (χ1n) is 11.9. The maximum absolute atomic E-state index is 14.9. The van der Waals surface area contributed by atoms with Gasteiger partial charge in [-0.2, -0.15) is 0 Å². The number of hydrogen-bond acceptors (Lipinski definition) is 6. The number of nitrogens with zero attached hydrogens (tertiary/aromatic N) is 2. The Morgan fingerprint density at radius 1 is 0.897 bits per heavy atom. The SMILES string of the molecule is COc1ccc(CCNS(=O)(=O)c2cccc(Oc3ccc(F)c(-c4ncnc5c(Cl)cccc45)c3)c2)cc1. The summed E-state index contributed by atoms with van der Waals surface area (Å²) >= 11 is 6.25. The van der Waals surface area contributed by atoms with Crippen LogP contribution in [0.1, 0.15) is 5.56 Å². The number of nitrogens with one attached hydrogen (secondary N) is 1. The molecular weight excluding hydrogens is 541 g/mol. The van der Waals surface area contributed by atoms with E-state index >= 15 is 0 Å². The van der Waals surface area contributed by atoms with Gasteiger partial charge in [-0.05, 0) is 60.5 Å². The molecule has 198 valence electrons. The summed E-state index contributed by atoms with van der Waals surface area (Å²) in [5, 5.41) is 1.02. The van der Waals surface area contributed by atoms with Crippen LogP contribution in [0, 0.1) is 5.82 Å². The highest BCUT2D eigenvalue weighted by molar-refractivity contribution is 7.89. The summed E-state index contributed by atoms with van der Waals surface area (Å²) in [6, 6.07) is 23.0. The number of methoxy groups -OCH3 is 1. The normalized spacial score (nSPS) is 11.5. The van der Waals surface area contributed by atoms with Crippen LogP contribution in [0.2, 0.25) is 5.02 Å². The van der Waals surface area contributed by atoms with Crippen LogP contribution in [0.4, 0.5) is 4.39 Å². The number of aromatic nitrogens is 2. The maximum Gasteiger partial charge on any atom is 0.240 e. The van der Waals surface area contributed by atoms with Gasteiger partial charge in [0.1, 0.15) is 29.4 Å². The molecule has 1 aromatic heterocycles. The number of ether oxygens (including phenoxy) is 2. The van der Waals surface area contributed by atoms with E-state index in [1.807, 2.05) is 24.3 Å². The van der Waals surface area contributed by atoms with E-state index in [1.54, 1.807) is 37.4 Å². The second-order valence-electron chi connectivity index (χ2n) is 8.57. The molecule has 0 aliphatic heterocycles. The molecule has 0 saturated heterocycles. The van der Waals surface area contributed by atoms with E-state index in [4.69, 9.17) is 21.1 Å². The topological polar surface area (TPSA) is 90.4 Å². The summed E-state index contributed by atoms with van der Waals surface area (Å²) in [7, 11) is -2.20. The lowest BCUT2D eigenvalue weighted by molar-refractivity contribution is 0.414. The minimum Gasteiger partial charge on any atom is -0.497 e. The van der Waals surface area contributed by atoms with Gasteiger partial charge in [-0.15, -0.1) is 0 Å². The van der Waals surface area contributed by atoms with E-state index < -0.39 is 15.8 Å². The lowest BCUT2D eigenvalue weighted by Crippen LogP contribution is -2.26. The molecule has 0 unspecified atom stereocenters. The zero-order valence-corrected chi connectivity index (χ0v) is 22.3. The third-order valence-corrected chi connectivity index (χ3v) is 7.79. The molecule has 39 heavy (non-hydrogen) atoms. The van der Waals surface area contributed by atoms with Gasteiger partial charge in [0.25, 0.3) is 0 Å². The molecule has 0 fully saturated rings. The molecule has 0 aliphatic carbocycles. The molecule has 1 heterocycles. The first kappa shape index (κ1) is 26.6. The van der Waals surface area contributed by atoms with Crippen molar-refractivity contribution in [3.8, 4) is 28.5 Å². The van der Waals surface area contributed by atoms with E-state index in [0.717, 1.165) is 11.3 Å². The van der Waals surface area contributed by atoms with Gasteiger partial charge in [-0.3, -0.25) is 0 Å². The van der Waals surface area contributed by atoms with Crippen molar-refractivity contribution in [3.05, 3.63) is 108 Å². The molecule has 0 amide bonds. The van der Waals surface area contributed by atoms with Gasteiger partial charge in [-0.25, -0.2) is 27.5 Å². The van der Waals surface area contributed by atoms with Crippen LogP contribution in [0.3, 0.4) is 0 Å². The van der Waals surface area contributed by atoms with Crippen LogP contribution in [0.5, 0.6) is 17.2 Å². The third kappa shape index (κ3) is 6.01. The first-order valence-corrected chi connectivity index (χ1v) is 13.8.